The van der Waals surface area contributed by atoms with Crippen LogP contribution in [0.25, 0.3) is 0 Å². The summed E-state index contributed by atoms with van der Waals surface area (Å²) in [5.41, 5.74) is 7.89. The molecular formula is C16H25NO2. The summed E-state index contributed by atoms with van der Waals surface area (Å²) in [4.78, 5) is 11.5. The van der Waals surface area contributed by atoms with E-state index >= 15 is 0 Å². The number of hydrogen-bond acceptors (Lipinski definition) is 3. The van der Waals surface area contributed by atoms with E-state index in [-0.39, 0.29) is 5.97 Å². The summed E-state index contributed by atoms with van der Waals surface area (Å²) >= 11 is 0. The van der Waals surface area contributed by atoms with Crippen molar-refractivity contribution >= 4 is 11.7 Å². The molecule has 0 saturated carbocycles. The van der Waals surface area contributed by atoms with Crippen molar-refractivity contribution < 1.29 is 9.53 Å². The van der Waals surface area contributed by atoms with Crippen LogP contribution in [-0.2, 0) is 11.2 Å². The smallest absolute Gasteiger partial charge is 0.339 e. The van der Waals surface area contributed by atoms with E-state index in [2.05, 4.69) is 6.92 Å². The van der Waals surface area contributed by atoms with Crippen molar-refractivity contribution in [1.29, 1.82) is 0 Å². The lowest BCUT2D eigenvalue weighted by atomic mass is 10.0. The van der Waals surface area contributed by atoms with Gasteiger partial charge in [-0.3, -0.25) is 0 Å². The first-order valence-corrected chi connectivity index (χ1v) is 7.15. The lowest BCUT2D eigenvalue weighted by Crippen LogP contribution is -2.06. The summed E-state index contributed by atoms with van der Waals surface area (Å²) in [6.45, 7) is 2.22. The van der Waals surface area contributed by atoms with Gasteiger partial charge in [-0.1, -0.05) is 45.1 Å². The summed E-state index contributed by atoms with van der Waals surface area (Å²) in [5, 5.41) is 0. The Labute approximate surface area is 116 Å². The molecule has 0 aromatic heterocycles. The maximum atomic E-state index is 11.5. The molecule has 1 aromatic carbocycles. The molecule has 0 saturated heterocycles. The van der Waals surface area contributed by atoms with Gasteiger partial charge in [-0.2, -0.15) is 0 Å². The van der Waals surface area contributed by atoms with E-state index in [9.17, 15) is 4.79 Å². The second kappa shape index (κ2) is 8.57. The van der Waals surface area contributed by atoms with Crippen LogP contribution >= 0.6 is 0 Å². The summed E-state index contributed by atoms with van der Waals surface area (Å²) in [5.74, 6) is -0.359. The highest BCUT2D eigenvalue weighted by Crippen LogP contribution is 2.17. The first-order chi connectivity index (χ1) is 9.19. The third-order valence-corrected chi connectivity index (χ3v) is 3.34. The van der Waals surface area contributed by atoms with E-state index in [1.807, 2.05) is 12.1 Å². The fourth-order valence-electron chi connectivity index (χ4n) is 2.16. The molecule has 0 bridgehead atoms. The highest BCUT2D eigenvalue weighted by molar-refractivity contribution is 5.95. The molecule has 0 amide bonds. The zero-order chi connectivity index (χ0) is 14.1. The van der Waals surface area contributed by atoms with Crippen LogP contribution < -0.4 is 5.73 Å². The van der Waals surface area contributed by atoms with Gasteiger partial charge >= 0.3 is 5.97 Å². The van der Waals surface area contributed by atoms with E-state index in [1.54, 1.807) is 6.07 Å². The zero-order valence-corrected chi connectivity index (χ0v) is 12.1. The van der Waals surface area contributed by atoms with Gasteiger partial charge < -0.3 is 10.5 Å². The van der Waals surface area contributed by atoms with Gasteiger partial charge in [0.15, 0.2) is 0 Å². The maximum absolute atomic E-state index is 11.5. The van der Waals surface area contributed by atoms with Gasteiger partial charge in [0.1, 0.15) is 0 Å². The molecule has 0 radical (unpaired) electrons. The molecule has 0 spiro atoms. The summed E-state index contributed by atoms with van der Waals surface area (Å²) in [7, 11) is 1.38. The Morgan fingerprint density at radius 2 is 1.84 bits per heavy atom. The quantitative estimate of drug-likeness (QED) is 0.439. The SMILES string of the molecule is CCCCCCCCc1ccc(N)c(C(=O)OC)c1. The number of ether oxygens (including phenoxy) is 1. The fourth-order valence-corrected chi connectivity index (χ4v) is 2.16. The summed E-state index contributed by atoms with van der Waals surface area (Å²) < 4.78 is 4.72. The number of rotatable bonds is 8. The Balaban J connectivity index is 2.44. The zero-order valence-electron chi connectivity index (χ0n) is 12.1. The van der Waals surface area contributed by atoms with Gasteiger partial charge in [-0.25, -0.2) is 4.79 Å². The van der Waals surface area contributed by atoms with Crippen molar-refractivity contribution in [3.8, 4) is 0 Å². The van der Waals surface area contributed by atoms with Crippen LogP contribution in [0.5, 0.6) is 0 Å². The van der Waals surface area contributed by atoms with Gasteiger partial charge in [0.05, 0.1) is 12.7 Å². The van der Waals surface area contributed by atoms with Crippen molar-refractivity contribution in [2.75, 3.05) is 12.8 Å². The molecule has 0 atom stereocenters. The van der Waals surface area contributed by atoms with Gasteiger partial charge in [0.2, 0.25) is 0 Å². The van der Waals surface area contributed by atoms with Crippen molar-refractivity contribution in [1.82, 2.24) is 0 Å². The Hall–Kier alpha value is -1.51. The molecule has 0 heterocycles. The molecule has 0 fully saturated rings. The first-order valence-electron chi connectivity index (χ1n) is 7.15. The predicted octanol–water partition coefficient (Wildman–Crippen LogP) is 3.96. The van der Waals surface area contributed by atoms with Crippen LogP contribution in [0, 0.1) is 0 Å². The van der Waals surface area contributed by atoms with Crippen LogP contribution in [0.15, 0.2) is 18.2 Å². The lowest BCUT2D eigenvalue weighted by Gasteiger charge is -2.07. The average molecular weight is 263 g/mol. The molecule has 0 unspecified atom stereocenters. The summed E-state index contributed by atoms with van der Waals surface area (Å²) in [6.07, 6.45) is 8.63. The van der Waals surface area contributed by atoms with E-state index < -0.39 is 0 Å². The number of carbonyl (C=O) groups is 1. The van der Waals surface area contributed by atoms with E-state index in [0.717, 1.165) is 18.4 Å². The molecule has 1 rings (SSSR count). The van der Waals surface area contributed by atoms with Crippen LogP contribution in [0.4, 0.5) is 5.69 Å². The number of methoxy groups -OCH3 is 1. The highest BCUT2D eigenvalue weighted by Gasteiger charge is 2.10. The molecule has 19 heavy (non-hydrogen) atoms. The third-order valence-electron chi connectivity index (χ3n) is 3.34. The van der Waals surface area contributed by atoms with Crippen molar-refractivity contribution in [2.45, 2.75) is 51.9 Å². The third kappa shape index (κ3) is 5.33. The van der Waals surface area contributed by atoms with Crippen molar-refractivity contribution in [3.05, 3.63) is 29.3 Å². The normalized spacial score (nSPS) is 10.4. The second-order valence-electron chi connectivity index (χ2n) is 4.93. The monoisotopic (exact) mass is 263 g/mol. The number of benzene rings is 1. The Morgan fingerprint density at radius 1 is 1.16 bits per heavy atom. The predicted molar refractivity (Wildman–Crippen MR) is 79.3 cm³/mol. The number of esters is 1. The first kappa shape index (κ1) is 15.5. The molecule has 106 valence electrons. The molecule has 2 N–H and O–H groups in total. The van der Waals surface area contributed by atoms with Crippen LogP contribution in [0.1, 0.15) is 61.4 Å². The van der Waals surface area contributed by atoms with Gasteiger partial charge in [0.25, 0.3) is 0 Å². The molecule has 1 aromatic rings. The lowest BCUT2D eigenvalue weighted by molar-refractivity contribution is 0.0602. The maximum Gasteiger partial charge on any atom is 0.339 e. The number of anilines is 1. The Kier molecular flexibility index (Phi) is 7.01. The second-order valence-corrected chi connectivity index (χ2v) is 4.93. The average Bonchev–Trinajstić information content (AvgIpc) is 2.43. The number of aryl methyl sites for hydroxylation is 1. The molecule has 3 nitrogen and oxygen atoms in total. The minimum Gasteiger partial charge on any atom is -0.465 e. The fraction of sp³-hybridized carbons (Fsp3) is 0.562. The van der Waals surface area contributed by atoms with Crippen LogP contribution in [0.2, 0.25) is 0 Å². The van der Waals surface area contributed by atoms with Crippen LogP contribution in [-0.4, -0.2) is 13.1 Å². The van der Waals surface area contributed by atoms with Gasteiger partial charge in [-0.05, 0) is 30.5 Å². The minimum atomic E-state index is -0.359. The summed E-state index contributed by atoms with van der Waals surface area (Å²) in [6, 6.07) is 5.64. The van der Waals surface area contributed by atoms with E-state index in [1.165, 1.54) is 39.2 Å². The Bertz CT molecular complexity index is 402. The topological polar surface area (TPSA) is 52.3 Å². The number of nitrogen functional groups attached to an aromatic ring is 1. The minimum absolute atomic E-state index is 0.359. The van der Waals surface area contributed by atoms with Crippen molar-refractivity contribution in [2.24, 2.45) is 0 Å². The largest absolute Gasteiger partial charge is 0.465 e. The molecular weight excluding hydrogens is 238 g/mol. The standard InChI is InChI=1S/C16H25NO2/c1-3-4-5-6-7-8-9-13-10-11-15(17)14(12-13)16(18)19-2/h10-12H,3-9,17H2,1-2H3. The molecule has 3 heteroatoms. The molecule has 0 aliphatic heterocycles. The highest BCUT2D eigenvalue weighted by atomic mass is 16.5. The number of hydrogen-bond donors (Lipinski definition) is 1. The molecule has 0 aliphatic carbocycles. The van der Waals surface area contributed by atoms with E-state index in [4.69, 9.17) is 10.5 Å². The van der Waals surface area contributed by atoms with Crippen LogP contribution in [0.3, 0.4) is 0 Å². The Morgan fingerprint density at radius 3 is 2.53 bits per heavy atom. The van der Waals surface area contributed by atoms with E-state index in [0.29, 0.717) is 11.3 Å². The molecule has 0 aliphatic rings. The number of nitrogens with two attached hydrogens (primary N) is 1. The number of carbonyl (C=O) groups excluding carboxylic acids is 1. The van der Waals surface area contributed by atoms with Gasteiger partial charge in [-0.15, -0.1) is 0 Å². The van der Waals surface area contributed by atoms with Gasteiger partial charge in [0, 0.05) is 5.69 Å². The van der Waals surface area contributed by atoms with Crippen molar-refractivity contribution in [3.63, 3.8) is 0 Å². The number of unbranched alkanes of at least 4 members (excludes halogenated alkanes) is 5.